The van der Waals surface area contributed by atoms with E-state index in [9.17, 15) is 19.2 Å². The third kappa shape index (κ3) is 2.56. The van der Waals surface area contributed by atoms with Crippen molar-refractivity contribution in [2.24, 2.45) is 0 Å². The summed E-state index contributed by atoms with van der Waals surface area (Å²) in [6.07, 6.45) is -1.27. The Morgan fingerprint density at radius 3 is 2.45 bits per heavy atom. The second-order valence-corrected chi connectivity index (χ2v) is 3.91. The first-order valence-corrected chi connectivity index (χ1v) is 5.38. The maximum atomic E-state index is 11.3. The molecule has 1 aliphatic rings. The Bertz CT molecular complexity index is 657. The molecule has 0 aromatic heterocycles. The van der Waals surface area contributed by atoms with E-state index in [4.69, 9.17) is 4.74 Å². The van der Waals surface area contributed by atoms with Crippen molar-refractivity contribution in [3.8, 4) is 5.75 Å². The number of hydrogen-bond acceptors (Lipinski definition) is 7. The molecule has 0 saturated carbocycles. The molecule has 0 spiro atoms. The first-order valence-electron chi connectivity index (χ1n) is 5.38. The summed E-state index contributed by atoms with van der Waals surface area (Å²) in [7, 11) is 0. The predicted octanol–water partition coefficient (Wildman–Crippen LogP) is 1.62. The van der Waals surface area contributed by atoms with Gasteiger partial charge in [-0.1, -0.05) is 6.58 Å². The number of rotatable bonds is 2. The molecule has 7 nitrogen and oxygen atoms in total. The fourth-order valence-corrected chi connectivity index (χ4v) is 1.41. The molecule has 0 N–H and O–H groups in total. The molecule has 0 atom stereocenters. The van der Waals surface area contributed by atoms with Gasteiger partial charge in [-0.25, -0.2) is 19.2 Å². The number of esters is 3. The zero-order valence-corrected chi connectivity index (χ0v) is 10.3. The van der Waals surface area contributed by atoms with Gasteiger partial charge in [0.25, 0.3) is 0 Å². The number of carbonyl (C=O) groups excluding carboxylic acids is 4. The zero-order valence-electron chi connectivity index (χ0n) is 10.3. The first kappa shape index (κ1) is 13.5. The summed E-state index contributed by atoms with van der Waals surface area (Å²) >= 11 is 0. The third-order valence-electron chi connectivity index (χ3n) is 2.34. The Kier molecular flexibility index (Phi) is 3.34. The monoisotopic (exact) mass is 276 g/mol. The average Bonchev–Trinajstić information content (AvgIpc) is 2.64. The summed E-state index contributed by atoms with van der Waals surface area (Å²) in [5.74, 6) is -2.58. The fourth-order valence-electron chi connectivity index (χ4n) is 1.41. The van der Waals surface area contributed by atoms with Gasteiger partial charge in [0.05, 0.1) is 11.1 Å². The Labute approximate surface area is 112 Å². The minimum Gasteiger partial charge on any atom is -0.395 e. The molecule has 0 fully saturated rings. The van der Waals surface area contributed by atoms with Crippen LogP contribution in [0.25, 0.3) is 0 Å². The molecule has 0 radical (unpaired) electrons. The molecule has 102 valence electrons. The van der Waals surface area contributed by atoms with E-state index in [1.165, 1.54) is 19.1 Å². The molecule has 20 heavy (non-hydrogen) atoms. The Hall–Kier alpha value is -2.96. The number of cyclic esters (lactones) is 2. The molecule has 1 aromatic rings. The lowest BCUT2D eigenvalue weighted by Crippen LogP contribution is -2.16. The van der Waals surface area contributed by atoms with Crippen LogP contribution in [0.15, 0.2) is 30.4 Å². The molecule has 1 aliphatic heterocycles. The van der Waals surface area contributed by atoms with Crippen LogP contribution in [0.3, 0.4) is 0 Å². The van der Waals surface area contributed by atoms with Gasteiger partial charge in [-0.05, 0) is 25.1 Å². The molecule has 2 rings (SSSR count). The number of carbonyl (C=O) groups is 4. The van der Waals surface area contributed by atoms with Crippen molar-refractivity contribution in [3.63, 3.8) is 0 Å². The van der Waals surface area contributed by atoms with Crippen molar-refractivity contribution in [1.82, 2.24) is 0 Å². The highest BCUT2D eigenvalue weighted by atomic mass is 16.7. The van der Waals surface area contributed by atoms with Crippen molar-refractivity contribution in [3.05, 3.63) is 41.5 Å². The van der Waals surface area contributed by atoms with E-state index in [0.717, 1.165) is 6.07 Å². The molecular formula is C13H8O7. The lowest BCUT2D eigenvalue weighted by atomic mass is 10.1. The molecule has 0 unspecified atom stereocenters. The Balaban J connectivity index is 2.12. The van der Waals surface area contributed by atoms with Gasteiger partial charge >= 0.3 is 24.1 Å². The summed E-state index contributed by atoms with van der Waals surface area (Å²) < 4.78 is 13.4. The van der Waals surface area contributed by atoms with Gasteiger partial charge in [-0.3, -0.25) is 0 Å². The van der Waals surface area contributed by atoms with Crippen LogP contribution < -0.4 is 4.74 Å². The van der Waals surface area contributed by atoms with Crippen LogP contribution in [0.1, 0.15) is 27.6 Å². The van der Waals surface area contributed by atoms with Crippen molar-refractivity contribution >= 4 is 24.1 Å². The minimum atomic E-state index is -1.27. The van der Waals surface area contributed by atoms with Crippen LogP contribution in [0, 0.1) is 0 Å². The molecule has 0 aliphatic carbocycles. The van der Waals surface area contributed by atoms with Crippen molar-refractivity contribution in [1.29, 1.82) is 0 Å². The van der Waals surface area contributed by atoms with E-state index >= 15 is 0 Å². The van der Waals surface area contributed by atoms with Gasteiger partial charge in [-0.15, -0.1) is 0 Å². The van der Waals surface area contributed by atoms with E-state index < -0.39 is 24.1 Å². The number of fused-ring (bicyclic) bond motifs is 1. The lowest BCUT2D eigenvalue weighted by Gasteiger charge is -2.04. The molecule has 0 amide bonds. The fraction of sp³-hybridized carbons (Fsp3) is 0.0769. The maximum Gasteiger partial charge on any atom is 0.521 e. The average molecular weight is 276 g/mol. The molecule has 0 saturated heterocycles. The number of ether oxygens (including phenoxy) is 3. The van der Waals surface area contributed by atoms with Gasteiger partial charge in [0.1, 0.15) is 5.75 Å². The van der Waals surface area contributed by atoms with Crippen LogP contribution >= 0.6 is 0 Å². The molecule has 0 bridgehead atoms. The van der Waals surface area contributed by atoms with Crippen molar-refractivity contribution in [2.45, 2.75) is 6.92 Å². The molecule has 7 heteroatoms. The quantitative estimate of drug-likeness (QED) is 0.350. The number of hydrogen-bond donors (Lipinski definition) is 0. The molecular weight excluding hydrogens is 268 g/mol. The van der Waals surface area contributed by atoms with Gasteiger partial charge in [-0.2, -0.15) is 0 Å². The summed E-state index contributed by atoms with van der Waals surface area (Å²) in [4.78, 5) is 44.9. The van der Waals surface area contributed by atoms with Crippen LogP contribution in [-0.2, 0) is 14.3 Å². The van der Waals surface area contributed by atoms with E-state index in [-0.39, 0.29) is 22.4 Å². The van der Waals surface area contributed by atoms with Gasteiger partial charge < -0.3 is 14.2 Å². The Morgan fingerprint density at radius 2 is 1.80 bits per heavy atom. The van der Waals surface area contributed by atoms with Crippen LogP contribution in [0.2, 0.25) is 0 Å². The smallest absolute Gasteiger partial charge is 0.395 e. The van der Waals surface area contributed by atoms with Crippen LogP contribution in [-0.4, -0.2) is 24.1 Å². The summed E-state index contributed by atoms with van der Waals surface area (Å²) in [6.45, 7) is 4.67. The molecule has 1 heterocycles. The van der Waals surface area contributed by atoms with E-state index in [1.54, 1.807) is 0 Å². The van der Waals surface area contributed by atoms with E-state index in [2.05, 4.69) is 16.1 Å². The SMILES string of the molecule is C=C(C)C(=O)OC(=O)Oc1ccc2c(c1)C(=O)OC2=O. The van der Waals surface area contributed by atoms with Crippen molar-refractivity contribution < 1.29 is 33.4 Å². The molecule has 1 aromatic carbocycles. The lowest BCUT2D eigenvalue weighted by molar-refractivity contribution is -0.134. The number of benzene rings is 1. The minimum absolute atomic E-state index is 0.0217. The summed E-state index contributed by atoms with van der Waals surface area (Å²) in [6, 6.07) is 3.69. The first-order chi connectivity index (χ1) is 9.38. The maximum absolute atomic E-state index is 11.3. The van der Waals surface area contributed by atoms with Gasteiger partial charge in [0, 0.05) is 5.57 Å². The highest BCUT2D eigenvalue weighted by molar-refractivity contribution is 6.14. The van der Waals surface area contributed by atoms with Gasteiger partial charge in [0.2, 0.25) is 0 Å². The van der Waals surface area contributed by atoms with E-state index in [1.807, 2.05) is 0 Å². The largest absolute Gasteiger partial charge is 0.521 e. The van der Waals surface area contributed by atoms with E-state index in [0.29, 0.717) is 0 Å². The topological polar surface area (TPSA) is 96.0 Å². The second-order valence-electron chi connectivity index (χ2n) is 3.91. The summed E-state index contributed by atoms with van der Waals surface area (Å²) in [5.41, 5.74) is 0.0883. The van der Waals surface area contributed by atoms with Crippen LogP contribution in [0.4, 0.5) is 4.79 Å². The Morgan fingerprint density at radius 1 is 1.15 bits per heavy atom. The highest BCUT2D eigenvalue weighted by Crippen LogP contribution is 2.24. The van der Waals surface area contributed by atoms with Crippen molar-refractivity contribution in [2.75, 3.05) is 0 Å². The zero-order chi connectivity index (χ0) is 14.9. The second kappa shape index (κ2) is 4.96. The third-order valence-corrected chi connectivity index (χ3v) is 2.34. The predicted molar refractivity (Wildman–Crippen MR) is 63.1 cm³/mol. The highest BCUT2D eigenvalue weighted by Gasteiger charge is 2.30. The summed E-state index contributed by atoms with van der Waals surface area (Å²) in [5, 5.41) is 0. The standard InChI is InChI=1S/C13H8O7/c1-6(2)10(14)20-13(17)18-7-3-4-8-9(5-7)12(16)19-11(8)15/h3-5H,1H2,2H3. The van der Waals surface area contributed by atoms with Crippen LogP contribution in [0.5, 0.6) is 5.75 Å². The normalized spacial score (nSPS) is 12.4. The van der Waals surface area contributed by atoms with Gasteiger partial charge in [0.15, 0.2) is 0 Å².